The molecule has 2 aromatic carbocycles. The minimum atomic E-state index is -0.240. The number of carbonyl (C=O) groups excluding carboxylic acids is 1. The van der Waals surface area contributed by atoms with Crippen LogP contribution in [0.2, 0.25) is 0 Å². The molecule has 3 rings (SSSR count). The van der Waals surface area contributed by atoms with Crippen molar-refractivity contribution < 1.29 is 9.21 Å². The van der Waals surface area contributed by atoms with E-state index < -0.39 is 0 Å². The minimum absolute atomic E-state index is 0.240. The Labute approximate surface area is 123 Å². The van der Waals surface area contributed by atoms with Crippen molar-refractivity contribution in [2.75, 3.05) is 5.32 Å². The van der Waals surface area contributed by atoms with E-state index in [2.05, 4.69) is 17.4 Å². The van der Waals surface area contributed by atoms with Crippen LogP contribution in [0.1, 0.15) is 21.7 Å². The third-order valence-electron chi connectivity index (χ3n) is 3.21. The molecule has 0 aliphatic rings. The minimum Gasteiger partial charge on any atom is -0.459 e. The Morgan fingerprint density at radius 3 is 2.24 bits per heavy atom. The fourth-order valence-corrected chi connectivity index (χ4v) is 2.14. The number of hydrogen-bond donors (Lipinski definition) is 1. The van der Waals surface area contributed by atoms with Gasteiger partial charge in [0.2, 0.25) is 0 Å². The van der Waals surface area contributed by atoms with Crippen LogP contribution < -0.4 is 5.32 Å². The molecule has 3 heteroatoms. The van der Waals surface area contributed by atoms with Gasteiger partial charge in [0.25, 0.3) is 5.91 Å². The normalized spacial score (nSPS) is 10.3. The Kier molecular flexibility index (Phi) is 3.83. The quantitative estimate of drug-likeness (QED) is 0.779. The highest BCUT2D eigenvalue weighted by molar-refractivity contribution is 6.02. The van der Waals surface area contributed by atoms with E-state index in [-0.39, 0.29) is 5.91 Å². The smallest absolute Gasteiger partial charge is 0.291 e. The van der Waals surface area contributed by atoms with E-state index in [0.717, 1.165) is 12.1 Å². The number of hydrogen-bond acceptors (Lipinski definition) is 2. The van der Waals surface area contributed by atoms with Crippen LogP contribution >= 0.6 is 0 Å². The molecule has 0 aliphatic carbocycles. The van der Waals surface area contributed by atoms with Gasteiger partial charge in [-0.2, -0.15) is 0 Å². The number of carbonyl (C=O) groups is 1. The molecule has 0 spiro atoms. The lowest BCUT2D eigenvalue weighted by Crippen LogP contribution is -2.10. The molecule has 0 atom stereocenters. The van der Waals surface area contributed by atoms with Crippen molar-refractivity contribution in [2.45, 2.75) is 6.42 Å². The van der Waals surface area contributed by atoms with Crippen LogP contribution in [0.3, 0.4) is 0 Å². The first-order chi connectivity index (χ1) is 10.3. The summed E-state index contributed by atoms with van der Waals surface area (Å²) in [4.78, 5) is 11.8. The van der Waals surface area contributed by atoms with Gasteiger partial charge < -0.3 is 9.73 Å². The molecule has 3 aromatic rings. The van der Waals surface area contributed by atoms with Crippen LogP contribution in [-0.4, -0.2) is 5.91 Å². The highest BCUT2D eigenvalue weighted by Crippen LogP contribution is 2.14. The van der Waals surface area contributed by atoms with E-state index >= 15 is 0 Å². The third kappa shape index (κ3) is 3.39. The molecular formula is C18H15NO2. The molecule has 0 bridgehead atoms. The topological polar surface area (TPSA) is 42.2 Å². The number of anilines is 1. The average molecular weight is 277 g/mol. The molecule has 0 saturated heterocycles. The summed E-state index contributed by atoms with van der Waals surface area (Å²) in [6.07, 6.45) is 2.37. The lowest BCUT2D eigenvalue weighted by Gasteiger charge is -2.05. The van der Waals surface area contributed by atoms with Crippen LogP contribution in [-0.2, 0) is 6.42 Å². The summed E-state index contributed by atoms with van der Waals surface area (Å²) in [5.41, 5.74) is 3.23. The lowest BCUT2D eigenvalue weighted by atomic mass is 10.0. The zero-order chi connectivity index (χ0) is 14.5. The summed E-state index contributed by atoms with van der Waals surface area (Å²) in [5.74, 6) is 0.0687. The summed E-state index contributed by atoms with van der Waals surface area (Å²) in [7, 11) is 0. The SMILES string of the molecule is O=C(Nc1ccc(Cc2ccccc2)cc1)c1ccco1. The Bertz CT molecular complexity index is 701. The van der Waals surface area contributed by atoms with Crippen molar-refractivity contribution in [3.8, 4) is 0 Å². The largest absolute Gasteiger partial charge is 0.459 e. The number of amides is 1. The van der Waals surface area contributed by atoms with Crippen LogP contribution in [0.5, 0.6) is 0 Å². The second-order valence-corrected chi connectivity index (χ2v) is 4.79. The van der Waals surface area contributed by atoms with Crippen molar-refractivity contribution in [2.24, 2.45) is 0 Å². The molecule has 1 amide bonds. The predicted octanol–water partition coefficient (Wildman–Crippen LogP) is 4.12. The van der Waals surface area contributed by atoms with Crippen LogP contribution in [0, 0.1) is 0 Å². The zero-order valence-electron chi connectivity index (χ0n) is 11.5. The average Bonchev–Trinajstić information content (AvgIpc) is 3.05. The third-order valence-corrected chi connectivity index (χ3v) is 3.21. The highest BCUT2D eigenvalue weighted by Gasteiger charge is 2.08. The van der Waals surface area contributed by atoms with E-state index in [4.69, 9.17) is 4.42 Å². The fraction of sp³-hybridized carbons (Fsp3) is 0.0556. The van der Waals surface area contributed by atoms with Crippen molar-refractivity contribution in [3.05, 3.63) is 89.9 Å². The van der Waals surface area contributed by atoms with Gasteiger partial charge in [0.05, 0.1) is 6.26 Å². The standard InChI is InChI=1S/C18H15NO2/c20-18(17-7-4-12-21-17)19-16-10-8-15(9-11-16)13-14-5-2-1-3-6-14/h1-12H,13H2,(H,19,20). The monoisotopic (exact) mass is 277 g/mol. The lowest BCUT2D eigenvalue weighted by molar-refractivity contribution is 0.0996. The summed E-state index contributed by atoms with van der Waals surface area (Å²) in [6, 6.07) is 21.5. The van der Waals surface area contributed by atoms with E-state index in [1.54, 1.807) is 12.1 Å². The first-order valence-electron chi connectivity index (χ1n) is 6.79. The molecule has 0 saturated carbocycles. The Morgan fingerprint density at radius 2 is 1.57 bits per heavy atom. The number of rotatable bonds is 4. The van der Waals surface area contributed by atoms with E-state index in [1.807, 2.05) is 42.5 Å². The number of furan rings is 1. The molecule has 3 nitrogen and oxygen atoms in total. The van der Waals surface area contributed by atoms with Gasteiger partial charge in [0.1, 0.15) is 0 Å². The molecule has 0 aliphatic heterocycles. The maximum absolute atomic E-state index is 11.8. The predicted molar refractivity (Wildman–Crippen MR) is 82.4 cm³/mol. The van der Waals surface area contributed by atoms with Crippen molar-refractivity contribution >= 4 is 11.6 Å². The molecule has 1 aromatic heterocycles. The van der Waals surface area contributed by atoms with Crippen LogP contribution in [0.25, 0.3) is 0 Å². The van der Waals surface area contributed by atoms with Crippen molar-refractivity contribution in [3.63, 3.8) is 0 Å². The summed E-state index contributed by atoms with van der Waals surface area (Å²) in [5, 5.41) is 2.80. The number of benzene rings is 2. The Hall–Kier alpha value is -2.81. The van der Waals surface area contributed by atoms with Crippen LogP contribution in [0.4, 0.5) is 5.69 Å². The van der Waals surface area contributed by atoms with Gasteiger partial charge in [-0.15, -0.1) is 0 Å². The second kappa shape index (κ2) is 6.09. The molecule has 1 N–H and O–H groups in total. The van der Waals surface area contributed by atoms with Gasteiger partial charge in [-0.3, -0.25) is 4.79 Å². The molecule has 0 unspecified atom stereocenters. The van der Waals surface area contributed by atoms with Gasteiger partial charge in [-0.25, -0.2) is 0 Å². The fourth-order valence-electron chi connectivity index (χ4n) is 2.14. The van der Waals surface area contributed by atoms with Gasteiger partial charge in [-0.05, 0) is 41.8 Å². The number of nitrogens with one attached hydrogen (secondary N) is 1. The molecule has 1 heterocycles. The van der Waals surface area contributed by atoms with E-state index in [9.17, 15) is 4.79 Å². The summed E-state index contributed by atoms with van der Waals surface area (Å²) >= 11 is 0. The Morgan fingerprint density at radius 1 is 0.857 bits per heavy atom. The maximum atomic E-state index is 11.8. The zero-order valence-corrected chi connectivity index (χ0v) is 11.5. The molecule has 0 fully saturated rings. The van der Waals surface area contributed by atoms with E-state index in [1.165, 1.54) is 17.4 Å². The second-order valence-electron chi connectivity index (χ2n) is 4.79. The molecule has 0 radical (unpaired) electrons. The van der Waals surface area contributed by atoms with Crippen LogP contribution in [0.15, 0.2) is 77.4 Å². The van der Waals surface area contributed by atoms with Gasteiger partial charge in [-0.1, -0.05) is 42.5 Å². The van der Waals surface area contributed by atoms with Gasteiger partial charge in [0.15, 0.2) is 5.76 Å². The summed E-state index contributed by atoms with van der Waals surface area (Å²) < 4.78 is 5.06. The van der Waals surface area contributed by atoms with E-state index in [0.29, 0.717) is 5.76 Å². The molecule has 21 heavy (non-hydrogen) atoms. The molecule has 104 valence electrons. The summed E-state index contributed by atoms with van der Waals surface area (Å²) in [6.45, 7) is 0. The maximum Gasteiger partial charge on any atom is 0.291 e. The van der Waals surface area contributed by atoms with Gasteiger partial charge in [0, 0.05) is 5.69 Å². The van der Waals surface area contributed by atoms with Crippen molar-refractivity contribution in [1.82, 2.24) is 0 Å². The Balaban J connectivity index is 1.65. The first-order valence-corrected chi connectivity index (χ1v) is 6.79. The molecular weight excluding hydrogens is 262 g/mol. The van der Waals surface area contributed by atoms with Gasteiger partial charge >= 0.3 is 0 Å². The van der Waals surface area contributed by atoms with Crippen molar-refractivity contribution in [1.29, 1.82) is 0 Å². The highest BCUT2D eigenvalue weighted by atomic mass is 16.3. The first kappa shape index (κ1) is 13.2.